The number of benzene rings is 2. The van der Waals surface area contributed by atoms with E-state index in [4.69, 9.17) is 18.9 Å². The summed E-state index contributed by atoms with van der Waals surface area (Å²) in [6, 6.07) is 24.5. The van der Waals surface area contributed by atoms with Crippen molar-refractivity contribution < 1.29 is 18.9 Å². The van der Waals surface area contributed by atoms with E-state index in [1.807, 2.05) is 24.5 Å². The first kappa shape index (κ1) is 62.1. The van der Waals surface area contributed by atoms with E-state index in [0.29, 0.717) is 74.0 Å². The van der Waals surface area contributed by atoms with Gasteiger partial charge in [0.05, 0.1) is 62.9 Å². The van der Waals surface area contributed by atoms with Crippen LogP contribution in [0.15, 0.2) is 85.5 Å². The van der Waals surface area contributed by atoms with Crippen molar-refractivity contribution in [3.05, 3.63) is 108 Å². The highest BCUT2D eigenvalue weighted by Gasteiger charge is 2.36. The van der Waals surface area contributed by atoms with Crippen LogP contribution >= 0.6 is 0 Å². The molecule has 0 radical (unpaired) electrons. The average molecular weight is 1080 g/mol. The van der Waals surface area contributed by atoms with Crippen LogP contribution in [0.3, 0.4) is 0 Å². The number of hydrogen-bond acceptors (Lipinski definition) is 10. The Kier molecular flexibility index (Phi) is 24.3. The van der Waals surface area contributed by atoms with Crippen LogP contribution in [0.2, 0.25) is 0 Å². The summed E-state index contributed by atoms with van der Waals surface area (Å²) in [6.45, 7) is 29.3. The summed E-state index contributed by atoms with van der Waals surface area (Å²) < 4.78 is 32.7. The molecule has 3 fully saturated rings. The van der Waals surface area contributed by atoms with Gasteiger partial charge in [-0.25, -0.2) is 0 Å². The van der Waals surface area contributed by atoms with Crippen molar-refractivity contribution in [2.45, 2.75) is 194 Å². The van der Waals surface area contributed by atoms with Gasteiger partial charge in [0.25, 0.3) is 0 Å². The SMILES string of the molecule is CC(C)C[C@H]1CO[C@H](C)CN(C)[C@@H](CC(C)C)CO[C@H](Cc2ccc(C(C3CC3)n3cccn3)cc2)CN(C)[C@@H](CC(C)C)CO[C@H](C)CN(C)[C@@H](CC(C)C)CO[C@H](Cc2ccc(C(C3CC3)n3cccn3)cc2)CN1C. The first-order valence-electron chi connectivity index (χ1n) is 30.8. The first-order valence-corrected chi connectivity index (χ1v) is 30.8. The third-order valence-corrected chi connectivity index (χ3v) is 17.1. The molecule has 0 spiro atoms. The number of likely N-dealkylation sites (N-methyl/N-ethyl adjacent to an activating group) is 4. The molecule has 1 saturated heterocycles. The van der Waals surface area contributed by atoms with Crippen LogP contribution in [0.1, 0.15) is 155 Å². The van der Waals surface area contributed by atoms with Gasteiger partial charge in [-0.05, 0) is 176 Å². The molecule has 2 unspecified atom stereocenters. The molecule has 2 aromatic heterocycles. The fourth-order valence-electron chi connectivity index (χ4n) is 12.5. The van der Waals surface area contributed by atoms with Gasteiger partial charge >= 0.3 is 0 Å². The summed E-state index contributed by atoms with van der Waals surface area (Å²) in [6.07, 6.45) is 19.1. The minimum atomic E-state index is 0.00587. The molecule has 12 nitrogen and oxygen atoms in total. The fraction of sp³-hybridized carbons (Fsp3) is 0.727. The smallest absolute Gasteiger partial charge is 0.0796 e. The predicted octanol–water partition coefficient (Wildman–Crippen LogP) is 11.8. The van der Waals surface area contributed by atoms with E-state index in [0.717, 1.165) is 64.7 Å². The minimum Gasteiger partial charge on any atom is -0.376 e. The van der Waals surface area contributed by atoms with E-state index < -0.39 is 0 Å². The van der Waals surface area contributed by atoms with E-state index in [-0.39, 0.29) is 48.6 Å². The average Bonchev–Trinajstić information content (AvgIpc) is 4.31. The maximum absolute atomic E-state index is 7.25. The molecule has 2 saturated carbocycles. The molecule has 0 amide bonds. The summed E-state index contributed by atoms with van der Waals surface area (Å²) >= 11 is 0. The standard InChI is InChI=1S/C66H108N8O4/c1-47(2)33-59-43-75-51(9)39-69(11)62(36-50(7)8)46-78-64(38-54-19-23-56(24-20-54)66(58-27-28-58)74-32-16-30-68-74)42-72(14)60(34-48(3)4)44-76-52(10)40-70(12)61(35-49(5)6)45-77-63(41-71(59)13)37-53-17-21-55(22-18-53)65(57-25-26-57)73-31-15-29-67-73/h15-24,29-32,47-52,57-66H,25-28,33-46H2,1-14H3/t51-,52-,59+,60+,61+,62+,63-,64-,65?,66?/m1/s1. The van der Waals surface area contributed by atoms with E-state index in [1.165, 1.54) is 47.9 Å². The van der Waals surface area contributed by atoms with Crippen molar-refractivity contribution in [1.29, 1.82) is 0 Å². The van der Waals surface area contributed by atoms with Crippen LogP contribution in [0, 0.1) is 35.5 Å². The highest BCUT2D eigenvalue weighted by Crippen LogP contribution is 2.44. The fourth-order valence-corrected chi connectivity index (χ4v) is 12.5. The molecular weight excluding hydrogens is 969 g/mol. The lowest BCUT2D eigenvalue weighted by molar-refractivity contribution is -0.0536. The molecule has 1 aliphatic heterocycles. The third kappa shape index (κ3) is 19.9. The van der Waals surface area contributed by atoms with Crippen LogP contribution < -0.4 is 0 Å². The van der Waals surface area contributed by atoms with Gasteiger partial charge in [-0.3, -0.25) is 29.0 Å². The van der Waals surface area contributed by atoms with Crippen molar-refractivity contribution in [3.63, 3.8) is 0 Å². The predicted molar refractivity (Wildman–Crippen MR) is 320 cm³/mol. The number of hydrogen-bond donors (Lipinski definition) is 0. The molecule has 12 heteroatoms. The van der Waals surface area contributed by atoms with Gasteiger partial charge in [0, 0.05) is 75.1 Å². The molecule has 7 rings (SSSR count). The Morgan fingerprint density at radius 1 is 0.436 bits per heavy atom. The second kappa shape index (κ2) is 30.6. The van der Waals surface area contributed by atoms with Crippen molar-refractivity contribution in [2.24, 2.45) is 35.5 Å². The van der Waals surface area contributed by atoms with Crippen molar-refractivity contribution in [3.8, 4) is 0 Å². The number of nitrogens with zero attached hydrogens (tertiary/aromatic N) is 8. The molecule has 3 heterocycles. The molecule has 0 bridgehead atoms. The van der Waals surface area contributed by atoms with Crippen LogP contribution in [0.5, 0.6) is 0 Å². The Labute approximate surface area is 474 Å². The van der Waals surface area contributed by atoms with Crippen LogP contribution in [0.4, 0.5) is 0 Å². The summed E-state index contributed by atoms with van der Waals surface area (Å²) in [4.78, 5) is 10.1. The second-order valence-corrected chi connectivity index (χ2v) is 26.5. The highest BCUT2D eigenvalue weighted by molar-refractivity contribution is 5.29. The zero-order valence-corrected chi connectivity index (χ0v) is 51.3. The molecule has 78 heavy (non-hydrogen) atoms. The van der Waals surface area contributed by atoms with Gasteiger partial charge < -0.3 is 18.9 Å². The molecule has 2 aromatic carbocycles. The highest BCUT2D eigenvalue weighted by atomic mass is 16.5. The van der Waals surface area contributed by atoms with Crippen molar-refractivity contribution in [1.82, 2.24) is 39.2 Å². The molecule has 10 atom stereocenters. The van der Waals surface area contributed by atoms with E-state index in [2.05, 4.69) is 198 Å². The van der Waals surface area contributed by atoms with Crippen LogP contribution in [0.25, 0.3) is 0 Å². The molecule has 2 aliphatic carbocycles. The Hall–Kier alpha value is -3.46. The summed E-state index contributed by atoms with van der Waals surface area (Å²) in [5, 5.41) is 9.35. The molecule has 0 N–H and O–H groups in total. The van der Waals surface area contributed by atoms with Crippen molar-refractivity contribution in [2.75, 3.05) is 80.8 Å². The third-order valence-electron chi connectivity index (χ3n) is 17.1. The quantitative estimate of drug-likeness (QED) is 0.0960. The van der Waals surface area contributed by atoms with Gasteiger partial charge in [-0.15, -0.1) is 0 Å². The first-order chi connectivity index (χ1) is 37.4. The van der Waals surface area contributed by atoms with Crippen LogP contribution in [-0.4, -0.2) is 169 Å². The van der Waals surface area contributed by atoms with E-state index in [9.17, 15) is 0 Å². The normalized spacial score (nSPS) is 27.4. The van der Waals surface area contributed by atoms with Crippen molar-refractivity contribution >= 4 is 0 Å². The summed E-state index contributed by atoms with van der Waals surface area (Å²) in [5.41, 5.74) is 5.32. The lowest BCUT2D eigenvalue weighted by Crippen LogP contribution is -2.47. The Balaban J connectivity index is 1.12. The second-order valence-electron chi connectivity index (χ2n) is 26.5. The Morgan fingerprint density at radius 3 is 1.03 bits per heavy atom. The van der Waals surface area contributed by atoms with E-state index >= 15 is 0 Å². The van der Waals surface area contributed by atoms with Gasteiger partial charge in [0.1, 0.15) is 0 Å². The molecule has 4 aromatic rings. The maximum atomic E-state index is 7.25. The number of ether oxygens (including phenoxy) is 4. The van der Waals surface area contributed by atoms with E-state index in [1.54, 1.807) is 0 Å². The van der Waals surface area contributed by atoms with Gasteiger partial charge in [-0.1, -0.05) is 104 Å². The van der Waals surface area contributed by atoms with Gasteiger partial charge in [0.15, 0.2) is 0 Å². The van der Waals surface area contributed by atoms with Gasteiger partial charge in [0.2, 0.25) is 0 Å². The number of aromatic nitrogens is 4. The minimum absolute atomic E-state index is 0.00587. The van der Waals surface area contributed by atoms with Gasteiger partial charge in [-0.2, -0.15) is 10.2 Å². The molecule has 436 valence electrons. The Morgan fingerprint density at radius 2 is 0.744 bits per heavy atom. The lowest BCUT2D eigenvalue weighted by atomic mass is 9.98. The lowest BCUT2D eigenvalue weighted by Gasteiger charge is -2.37. The monoisotopic (exact) mass is 1080 g/mol. The topological polar surface area (TPSA) is 85.5 Å². The molecule has 3 aliphatic rings. The summed E-state index contributed by atoms with van der Waals surface area (Å²) in [5.74, 6) is 3.42. The largest absolute Gasteiger partial charge is 0.376 e. The van der Waals surface area contributed by atoms with Crippen LogP contribution in [-0.2, 0) is 31.8 Å². The number of rotatable bonds is 18. The molecular formula is C66H108N8O4. The summed E-state index contributed by atoms with van der Waals surface area (Å²) in [7, 11) is 9.17. The zero-order chi connectivity index (χ0) is 55.9. The zero-order valence-electron chi connectivity index (χ0n) is 51.3. The Bertz CT molecular complexity index is 2050. The maximum Gasteiger partial charge on any atom is 0.0796 e.